The molecule has 0 radical (unpaired) electrons. The second kappa shape index (κ2) is 7.28. The van der Waals surface area contributed by atoms with E-state index >= 15 is 0 Å². The van der Waals surface area contributed by atoms with Gasteiger partial charge in [0.1, 0.15) is 0 Å². The quantitative estimate of drug-likeness (QED) is 0.627. The second-order valence-corrected chi connectivity index (χ2v) is 5.51. The molecule has 0 aliphatic rings. The van der Waals surface area contributed by atoms with Crippen molar-refractivity contribution in [3.05, 3.63) is 24.3 Å². The molecule has 4 nitrogen and oxygen atoms in total. The maximum Gasteiger partial charge on any atom is 0.236 e. The lowest BCUT2D eigenvalue weighted by Crippen LogP contribution is -2.28. The number of rotatable bonds is 6. The number of nitrogens with two attached hydrogens (primary N) is 1. The van der Waals surface area contributed by atoms with Gasteiger partial charge in [-0.2, -0.15) is 11.8 Å². The van der Waals surface area contributed by atoms with E-state index in [-0.39, 0.29) is 5.91 Å². The van der Waals surface area contributed by atoms with Crippen LogP contribution in [0.25, 0.3) is 0 Å². The average Bonchev–Trinajstić information content (AvgIpc) is 2.34. The summed E-state index contributed by atoms with van der Waals surface area (Å²) >= 11 is 1.66. The van der Waals surface area contributed by atoms with Gasteiger partial charge >= 0.3 is 0 Å². The summed E-state index contributed by atoms with van der Waals surface area (Å²) in [6.45, 7) is 0.990. The van der Waals surface area contributed by atoms with Gasteiger partial charge in [0.25, 0.3) is 0 Å². The fourth-order valence-electron chi connectivity index (χ4n) is 1.35. The first-order valence-electron chi connectivity index (χ1n) is 5.85. The molecule has 1 aromatic carbocycles. The molecule has 5 heteroatoms. The van der Waals surface area contributed by atoms with Gasteiger partial charge in [-0.15, -0.1) is 0 Å². The van der Waals surface area contributed by atoms with Gasteiger partial charge in [-0.1, -0.05) is 0 Å². The third-order valence-electron chi connectivity index (χ3n) is 2.56. The number of anilines is 2. The Hall–Kier alpha value is -1.20. The summed E-state index contributed by atoms with van der Waals surface area (Å²) in [5.41, 5.74) is 7.20. The third kappa shape index (κ3) is 4.98. The molecule has 0 fully saturated rings. The van der Waals surface area contributed by atoms with Crippen molar-refractivity contribution in [2.75, 3.05) is 49.8 Å². The van der Waals surface area contributed by atoms with Gasteiger partial charge in [0.2, 0.25) is 5.91 Å². The molecule has 2 N–H and O–H groups in total. The Morgan fingerprint density at radius 3 is 2.39 bits per heavy atom. The van der Waals surface area contributed by atoms with E-state index in [1.165, 1.54) is 0 Å². The highest BCUT2D eigenvalue weighted by molar-refractivity contribution is 7.99. The Balaban J connectivity index is 2.39. The van der Waals surface area contributed by atoms with Crippen LogP contribution in [0.3, 0.4) is 0 Å². The maximum absolute atomic E-state index is 11.9. The molecule has 0 saturated carbocycles. The fourth-order valence-corrected chi connectivity index (χ4v) is 2.35. The molecule has 1 rings (SSSR count). The van der Waals surface area contributed by atoms with Crippen molar-refractivity contribution in [1.82, 2.24) is 4.90 Å². The summed E-state index contributed by atoms with van der Waals surface area (Å²) < 4.78 is 0. The Labute approximate surface area is 113 Å². The van der Waals surface area contributed by atoms with Crippen LogP contribution in [0.5, 0.6) is 0 Å². The zero-order valence-electron chi connectivity index (χ0n) is 11.2. The summed E-state index contributed by atoms with van der Waals surface area (Å²) in [5.74, 6) is 1.59. The van der Waals surface area contributed by atoms with E-state index in [0.29, 0.717) is 11.4 Å². The number of carbonyl (C=O) groups is 1. The molecular formula is C13H21N3OS. The molecule has 0 spiro atoms. The van der Waals surface area contributed by atoms with Crippen LogP contribution < -0.4 is 10.6 Å². The molecule has 0 aliphatic heterocycles. The molecule has 0 bridgehead atoms. The van der Waals surface area contributed by atoms with Crippen LogP contribution in [0.4, 0.5) is 11.4 Å². The van der Waals surface area contributed by atoms with Crippen molar-refractivity contribution in [1.29, 1.82) is 0 Å². The van der Waals surface area contributed by atoms with E-state index in [4.69, 9.17) is 5.73 Å². The molecule has 0 atom stereocenters. The van der Waals surface area contributed by atoms with E-state index in [1.54, 1.807) is 35.8 Å². The van der Waals surface area contributed by atoms with Crippen LogP contribution in [0.1, 0.15) is 0 Å². The van der Waals surface area contributed by atoms with E-state index < -0.39 is 0 Å². The molecule has 0 saturated heterocycles. The van der Waals surface area contributed by atoms with Crippen LogP contribution in [0.2, 0.25) is 0 Å². The first kappa shape index (κ1) is 14.9. The van der Waals surface area contributed by atoms with Gasteiger partial charge in [0.15, 0.2) is 0 Å². The molecule has 1 amide bonds. The summed E-state index contributed by atoms with van der Waals surface area (Å²) in [6.07, 6.45) is 0. The maximum atomic E-state index is 11.9. The molecule has 0 heterocycles. The first-order chi connectivity index (χ1) is 8.50. The monoisotopic (exact) mass is 267 g/mol. The highest BCUT2D eigenvalue weighted by Crippen LogP contribution is 2.16. The van der Waals surface area contributed by atoms with Crippen molar-refractivity contribution >= 4 is 29.0 Å². The van der Waals surface area contributed by atoms with Gasteiger partial charge in [0.05, 0.1) is 5.75 Å². The van der Waals surface area contributed by atoms with Crippen LogP contribution in [-0.2, 0) is 4.79 Å². The van der Waals surface area contributed by atoms with Gasteiger partial charge < -0.3 is 15.5 Å². The molecule has 0 unspecified atom stereocenters. The predicted molar refractivity (Wildman–Crippen MR) is 80.1 cm³/mol. The average molecular weight is 267 g/mol. The minimum absolute atomic E-state index is 0.114. The lowest BCUT2D eigenvalue weighted by atomic mass is 10.2. The minimum atomic E-state index is 0.114. The molecule has 100 valence electrons. The van der Waals surface area contributed by atoms with Gasteiger partial charge in [-0.25, -0.2) is 0 Å². The minimum Gasteiger partial charge on any atom is -0.399 e. The normalized spacial score (nSPS) is 10.7. The zero-order chi connectivity index (χ0) is 13.5. The number of amides is 1. The smallest absolute Gasteiger partial charge is 0.236 e. The zero-order valence-corrected chi connectivity index (χ0v) is 12.0. The predicted octanol–water partition coefficient (Wildman–Crippen LogP) is 1.53. The Morgan fingerprint density at radius 2 is 1.83 bits per heavy atom. The molecule has 0 aliphatic carbocycles. The summed E-state index contributed by atoms with van der Waals surface area (Å²) in [5, 5.41) is 0. The fraction of sp³-hybridized carbons (Fsp3) is 0.462. The van der Waals surface area contributed by atoms with Crippen molar-refractivity contribution in [2.45, 2.75) is 0 Å². The number of thioether (sulfide) groups is 1. The number of hydrogen-bond donors (Lipinski definition) is 1. The Bertz CT molecular complexity index is 378. The summed E-state index contributed by atoms with van der Waals surface area (Å²) in [7, 11) is 5.85. The van der Waals surface area contributed by atoms with Gasteiger partial charge in [-0.05, 0) is 38.4 Å². The SMILES string of the molecule is CN(C)CCSCC(=O)N(C)c1ccc(N)cc1. The number of benzene rings is 1. The Kier molecular flexibility index (Phi) is 6.01. The van der Waals surface area contributed by atoms with Crippen LogP contribution in [-0.4, -0.2) is 50.0 Å². The Morgan fingerprint density at radius 1 is 1.22 bits per heavy atom. The first-order valence-corrected chi connectivity index (χ1v) is 7.00. The third-order valence-corrected chi connectivity index (χ3v) is 3.49. The lowest BCUT2D eigenvalue weighted by molar-refractivity contribution is -0.115. The van der Waals surface area contributed by atoms with Crippen molar-refractivity contribution in [2.24, 2.45) is 0 Å². The highest BCUT2D eigenvalue weighted by atomic mass is 32.2. The van der Waals surface area contributed by atoms with E-state index in [2.05, 4.69) is 4.90 Å². The molecule has 18 heavy (non-hydrogen) atoms. The van der Waals surface area contributed by atoms with E-state index in [0.717, 1.165) is 18.0 Å². The molecule has 1 aromatic rings. The largest absolute Gasteiger partial charge is 0.399 e. The summed E-state index contributed by atoms with van der Waals surface area (Å²) in [6, 6.07) is 7.33. The van der Waals surface area contributed by atoms with Crippen LogP contribution in [0, 0.1) is 0 Å². The number of nitrogens with zero attached hydrogens (tertiary/aromatic N) is 2. The van der Waals surface area contributed by atoms with Crippen molar-refractivity contribution in [3.8, 4) is 0 Å². The van der Waals surface area contributed by atoms with Gasteiger partial charge in [-0.3, -0.25) is 4.79 Å². The second-order valence-electron chi connectivity index (χ2n) is 4.40. The number of hydrogen-bond acceptors (Lipinski definition) is 4. The van der Waals surface area contributed by atoms with E-state index in [9.17, 15) is 4.79 Å². The van der Waals surface area contributed by atoms with Crippen molar-refractivity contribution < 1.29 is 4.79 Å². The number of nitrogen functional groups attached to an aromatic ring is 1. The molecule has 0 aromatic heterocycles. The van der Waals surface area contributed by atoms with Crippen molar-refractivity contribution in [3.63, 3.8) is 0 Å². The van der Waals surface area contributed by atoms with E-state index in [1.807, 2.05) is 26.2 Å². The lowest BCUT2D eigenvalue weighted by Gasteiger charge is -2.17. The standard InChI is InChI=1S/C13H21N3OS/c1-15(2)8-9-18-10-13(17)16(3)12-6-4-11(14)5-7-12/h4-7H,8-10,14H2,1-3H3. The van der Waals surface area contributed by atoms with Gasteiger partial charge in [0, 0.05) is 30.7 Å². The summed E-state index contributed by atoms with van der Waals surface area (Å²) in [4.78, 5) is 15.7. The molecular weight excluding hydrogens is 246 g/mol. The van der Waals surface area contributed by atoms with Crippen LogP contribution in [0.15, 0.2) is 24.3 Å². The number of carbonyl (C=O) groups excluding carboxylic acids is 1. The highest BCUT2D eigenvalue weighted by Gasteiger charge is 2.10. The van der Waals surface area contributed by atoms with Crippen LogP contribution >= 0.6 is 11.8 Å². The topological polar surface area (TPSA) is 49.6 Å².